The molecule has 1 fully saturated rings. The molecule has 0 amide bonds. The lowest BCUT2D eigenvalue weighted by atomic mass is 10.1. The summed E-state index contributed by atoms with van der Waals surface area (Å²) in [5.41, 5.74) is 2.73. The molecule has 5 heterocycles. The molecule has 0 spiro atoms. The lowest BCUT2D eigenvalue weighted by Gasteiger charge is -2.22. The number of aromatic nitrogens is 8. The quantitative estimate of drug-likeness (QED) is 0.563. The molecule has 0 aromatic carbocycles. The van der Waals surface area contributed by atoms with Crippen molar-refractivity contribution in [2.45, 2.75) is 32.7 Å². The van der Waals surface area contributed by atoms with Crippen LogP contribution in [0.2, 0.25) is 0 Å². The molecule has 1 saturated heterocycles. The maximum atomic E-state index is 5.38. The monoisotopic (exact) mass is 391 g/mol. The molecule has 5 rings (SSSR count). The Morgan fingerprint density at radius 3 is 2.79 bits per heavy atom. The van der Waals surface area contributed by atoms with E-state index in [4.69, 9.17) is 4.52 Å². The molecule has 0 bridgehead atoms. The summed E-state index contributed by atoms with van der Waals surface area (Å²) in [5, 5.41) is 16.4. The van der Waals surface area contributed by atoms with Crippen molar-refractivity contribution in [3.8, 4) is 28.9 Å². The molecule has 4 aromatic rings. The van der Waals surface area contributed by atoms with Crippen molar-refractivity contribution in [2.75, 3.05) is 13.1 Å². The van der Waals surface area contributed by atoms with Crippen molar-refractivity contribution in [2.24, 2.45) is 0 Å². The summed E-state index contributed by atoms with van der Waals surface area (Å²) in [6.45, 7) is 5.90. The number of rotatable bonds is 4. The smallest absolute Gasteiger partial charge is 0.297 e. The van der Waals surface area contributed by atoms with E-state index in [0.29, 0.717) is 23.6 Å². The first kappa shape index (κ1) is 17.7. The van der Waals surface area contributed by atoms with Gasteiger partial charge >= 0.3 is 0 Å². The van der Waals surface area contributed by atoms with Gasteiger partial charge in [-0.2, -0.15) is 10.1 Å². The Kier molecular flexibility index (Phi) is 4.39. The second-order valence-corrected chi connectivity index (χ2v) is 7.22. The van der Waals surface area contributed by atoms with Crippen LogP contribution in [-0.2, 0) is 0 Å². The third-order valence-electron chi connectivity index (χ3n) is 5.00. The SMILES string of the molecule is Cc1cc(C)n(-c2ccc(-c3noc(-c4ncn(C5CCCNC5)n4)n3)cn2)n1. The van der Waals surface area contributed by atoms with Crippen LogP contribution in [0.3, 0.4) is 0 Å². The van der Waals surface area contributed by atoms with E-state index >= 15 is 0 Å². The maximum absolute atomic E-state index is 5.38. The van der Waals surface area contributed by atoms with E-state index in [0.717, 1.165) is 48.7 Å². The molecular formula is C19H21N9O. The van der Waals surface area contributed by atoms with E-state index in [1.54, 1.807) is 17.2 Å². The van der Waals surface area contributed by atoms with Crippen LogP contribution >= 0.6 is 0 Å². The Labute approximate surface area is 167 Å². The van der Waals surface area contributed by atoms with Gasteiger partial charge in [0, 0.05) is 24.0 Å². The van der Waals surface area contributed by atoms with Crippen molar-refractivity contribution >= 4 is 0 Å². The van der Waals surface area contributed by atoms with Crippen molar-refractivity contribution in [3.05, 3.63) is 42.1 Å². The summed E-state index contributed by atoms with van der Waals surface area (Å²) < 4.78 is 9.06. The zero-order chi connectivity index (χ0) is 19.8. The second kappa shape index (κ2) is 7.21. The highest BCUT2D eigenvalue weighted by molar-refractivity contribution is 5.56. The number of hydrogen-bond acceptors (Lipinski definition) is 8. The van der Waals surface area contributed by atoms with E-state index in [1.165, 1.54) is 0 Å². The minimum Gasteiger partial charge on any atom is -0.330 e. The second-order valence-electron chi connectivity index (χ2n) is 7.22. The minimum absolute atomic E-state index is 0.296. The number of piperidine rings is 1. The molecule has 10 nitrogen and oxygen atoms in total. The summed E-state index contributed by atoms with van der Waals surface area (Å²) in [7, 11) is 0. The largest absolute Gasteiger partial charge is 0.330 e. The van der Waals surface area contributed by atoms with Crippen molar-refractivity contribution in [1.82, 2.24) is 45.0 Å². The lowest BCUT2D eigenvalue weighted by Crippen LogP contribution is -2.31. The summed E-state index contributed by atoms with van der Waals surface area (Å²) in [4.78, 5) is 13.3. The molecule has 29 heavy (non-hydrogen) atoms. The number of hydrogen-bond donors (Lipinski definition) is 1. The first-order valence-corrected chi connectivity index (χ1v) is 9.63. The van der Waals surface area contributed by atoms with Gasteiger partial charge in [0.25, 0.3) is 5.89 Å². The molecule has 0 radical (unpaired) electrons. The maximum Gasteiger partial charge on any atom is 0.297 e. The fourth-order valence-electron chi connectivity index (χ4n) is 3.54. The van der Waals surface area contributed by atoms with Crippen molar-refractivity contribution in [3.63, 3.8) is 0 Å². The van der Waals surface area contributed by atoms with Gasteiger partial charge in [-0.1, -0.05) is 5.16 Å². The Morgan fingerprint density at radius 1 is 1.14 bits per heavy atom. The molecule has 1 aliphatic rings. The molecule has 1 unspecified atom stereocenters. The first-order chi connectivity index (χ1) is 14.2. The fourth-order valence-corrected chi connectivity index (χ4v) is 3.54. The number of nitrogens with one attached hydrogen (secondary N) is 1. The normalized spacial score (nSPS) is 17.0. The van der Waals surface area contributed by atoms with Gasteiger partial charge in [-0.3, -0.25) is 0 Å². The van der Waals surface area contributed by atoms with Crippen LogP contribution in [0.1, 0.15) is 30.3 Å². The lowest BCUT2D eigenvalue weighted by molar-refractivity contribution is 0.345. The molecule has 0 saturated carbocycles. The van der Waals surface area contributed by atoms with Gasteiger partial charge in [0.15, 0.2) is 5.82 Å². The van der Waals surface area contributed by atoms with E-state index in [1.807, 2.05) is 36.7 Å². The van der Waals surface area contributed by atoms with Gasteiger partial charge in [0.2, 0.25) is 11.6 Å². The van der Waals surface area contributed by atoms with E-state index in [9.17, 15) is 0 Å². The topological polar surface area (TPSA) is 112 Å². The van der Waals surface area contributed by atoms with Gasteiger partial charge in [-0.25, -0.2) is 19.3 Å². The molecule has 1 atom stereocenters. The molecule has 148 valence electrons. The van der Waals surface area contributed by atoms with Crippen LogP contribution in [0.5, 0.6) is 0 Å². The third-order valence-corrected chi connectivity index (χ3v) is 5.00. The predicted molar refractivity (Wildman–Crippen MR) is 104 cm³/mol. The minimum atomic E-state index is 0.296. The summed E-state index contributed by atoms with van der Waals surface area (Å²) >= 11 is 0. The Hall–Kier alpha value is -3.40. The Balaban J connectivity index is 1.36. The summed E-state index contributed by atoms with van der Waals surface area (Å²) in [6, 6.07) is 6.09. The highest BCUT2D eigenvalue weighted by Gasteiger charge is 2.20. The van der Waals surface area contributed by atoms with Gasteiger partial charge in [-0.05, 0) is 51.4 Å². The van der Waals surface area contributed by atoms with Gasteiger partial charge in [-0.15, -0.1) is 5.10 Å². The molecule has 10 heteroatoms. The molecule has 1 aliphatic heterocycles. The Bertz CT molecular complexity index is 1120. The van der Waals surface area contributed by atoms with Gasteiger partial charge in [0.1, 0.15) is 6.33 Å². The van der Waals surface area contributed by atoms with Crippen LogP contribution in [-0.4, -0.2) is 52.8 Å². The fraction of sp³-hybridized carbons (Fsp3) is 0.368. The van der Waals surface area contributed by atoms with Crippen LogP contribution in [0.4, 0.5) is 0 Å². The molecular weight excluding hydrogens is 370 g/mol. The summed E-state index contributed by atoms with van der Waals surface area (Å²) in [6.07, 6.45) is 5.64. The highest BCUT2D eigenvalue weighted by atomic mass is 16.5. The third kappa shape index (κ3) is 3.42. The Morgan fingerprint density at radius 2 is 2.07 bits per heavy atom. The standard InChI is InChI=1S/C19H21N9O/c1-12-8-13(2)28(24-12)16-6-5-14(9-21-16)17-23-19(29-26-17)18-22-11-27(25-18)15-4-3-7-20-10-15/h5-6,8-9,11,15,20H,3-4,7,10H2,1-2H3. The predicted octanol–water partition coefficient (Wildman–Crippen LogP) is 2.12. The van der Waals surface area contributed by atoms with Gasteiger partial charge < -0.3 is 9.84 Å². The average molecular weight is 391 g/mol. The van der Waals surface area contributed by atoms with E-state index in [-0.39, 0.29) is 0 Å². The van der Waals surface area contributed by atoms with Gasteiger partial charge in [0.05, 0.1) is 11.7 Å². The van der Waals surface area contributed by atoms with E-state index < -0.39 is 0 Å². The van der Waals surface area contributed by atoms with Crippen molar-refractivity contribution in [1.29, 1.82) is 0 Å². The number of pyridine rings is 1. The molecule has 1 N–H and O–H groups in total. The van der Waals surface area contributed by atoms with Crippen LogP contribution in [0.25, 0.3) is 28.9 Å². The van der Waals surface area contributed by atoms with Crippen LogP contribution < -0.4 is 5.32 Å². The zero-order valence-corrected chi connectivity index (χ0v) is 16.3. The van der Waals surface area contributed by atoms with Crippen LogP contribution in [0, 0.1) is 13.8 Å². The number of nitrogens with zero attached hydrogens (tertiary/aromatic N) is 8. The molecule has 0 aliphatic carbocycles. The summed E-state index contributed by atoms with van der Waals surface area (Å²) in [5.74, 6) is 1.92. The number of aryl methyl sites for hydroxylation is 2. The average Bonchev–Trinajstić information content (AvgIpc) is 3.48. The zero-order valence-electron chi connectivity index (χ0n) is 16.3. The first-order valence-electron chi connectivity index (χ1n) is 9.63. The van der Waals surface area contributed by atoms with Crippen LogP contribution in [0.15, 0.2) is 35.2 Å². The highest BCUT2D eigenvalue weighted by Crippen LogP contribution is 2.22. The molecule has 4 aromatic heterocycles. The van der Waals surface area contributed by atoms with Crippen molar-refractivity contribution < 1.29 is 4.52 Å². The van der Waals surface area contributed by atoms with E-state index in [2.05, 4.69) is 35.6 Å².